The van der Waals surface area contributed by atoms with Crippen molar-refractivity contribution in [1.29, 1.82) is 0 Å². The van der Waals surface area contributed by atoms with Crippen LogP contribution in [0.15, 0.2) is 48.1 Å². The molecule has 2 rings (SSSR count). The van der Waals surface area contributed by atoms with E-state index in [9.17, 15) is 5.11 Å². The Hall–Kier alpha value is -1.08. The van der Waals surface area contributed by atoms with Gasteiger partial charge in [-0.2, -0.15) is 0 Å². The summed E-state index contributed by atoms with van der Waals surface area (Å²) >= 11 is 0. The van der Waals surface area contributed by atoms with Crippen molar-refractivity contribution in [3.63, 3.8) is 0 Å². The second-order valence-corrected chi connectivity index (χ2v) is 10.5. The highest BCUT2D eigenvalue weighted by Crippen LogP contribution is 2.50. The molecule has 29 heavy (non-hydrogen) atoms. The average Bonchev–Trinajstić information content (AvgIpc) is 3.06. The Balaban J connectivity index is 1.81. The Morgan fingerprint density at radius 1 is 1.17 bits per heavy atom. The van der Waals surface area contributed by atoms with Crippen LogP contribution in [-0.2, 0) is 0 Å². The number of hydrogen-bond acceptors (Lipinski definition) is 1. The first kappa shape index (κ1) is 24.2. The minimum atomic E-state index is -0.182. The second-order valence-electron chi connectivity index (χ2n) is 10.5. The van der Waals surface area contributed by atoms with Gasteiger partial charge in [0.2, 0.25) is 0 Å². The van der Waals surface area contributed by atoms with Crippen molar-refractivity contribution in [2.75, 3.05) is 0 Å². The first-order chi connectivity index (χ1) is 13.7. The molecule has 4 unspecified atom stereocenters. The van der Waals surface area contributed by atoms with E-state index in [4.69, 9.17) is 0 Å². The van der Waals surface area contributed by atoms with E-state index in [0.717, 1.165) is 37.5 Å². The number of rotatable bonds is 9. The third-order valence-electron chi connectivity index (χ3n) is 7.80. The molecule has 0 spiro atoms. The molecule has 0 aromatic heterocycles. The third kappa shape index (κ3) is 7.28. The van der Waals surface area contributed by atoms with Crippen LogP contribution in [0.2, 0.25) is 0 Å². The summed E-state index contributed by atoms with van der Waals surface area (Å²) in [6, 6.07) is 0. The Labute approximate surface area is 181 Å². The number of aliphatic hydroxyl groups is 1. The molecular formula is C28H46O. The largest absolute Gasteiger partial charge is 0.393 e. The first-order valence-corrected chi connectivity index (χ1v) is 12.1. The highest BCUT2D eigenvalue weighted by molar-refractivity contribution is 5.34. The number of hydrogen-bond donors (Lipinski definition) is 1. The van der Waals surface area contributed by atoms with Crippen LogP contribution in [0.4, 0.5) is 0 Å². The normalized spacial score (nSPS) is 32.1. The minimum absolute atomic E-state index is 0.182. The van der Waals surface area contributed by atoms with E-state index in [1.807, 2.05) is 0 Å². The fourth-order valence-electron chi connectivity index (χ4n) is 5.27. The van der Waals surface area contributed by atoms with Gasteiger partial charge in [0.05, 0.1) is 6.10 Å². The molecular weight excluding hydrogens is 352 g/mol. The van der Waals surface area contributed by atoms with Gasteiger partial charge in [-0.25, -0.2) is 0 Å². The molecule has 0 aromatic carbocycles. The van der Waals surface area contributed by atoms with E-state index in [0.29, 0.717) is 17.3 Å². The number of aliphatic hydroxyl groups excluding tert-OH is 1. The lowest BCUT2D eigenvalue weighted by molar-refractivity contribution is 0.158. The molecule has 0 heterocycles. The van der Waals surface area contributed by atoms with E-state index in [1.165, 1.54) is 43.3 Å². The van der Waals surface area contributed by atoms with E-state index in [-0.39, 0.29) is 6.10 Å². The van der Waals surface area contributed by atoms with E-state index >= 15 is 0 Å². The molecule has 0 bridgehead atoms. The molecule has 0 aliphatic heterocycles. The third-order valence-corrected chi connectivity index (χ3v) is 7.80. The molecule has 0 saturated heterocycles. The van der Waals surface area contributed by atoms with Gasteiger partial charge >= 0.3 is 0 Å². The van der Waals surface area contributed by atoms with Gasteiger partial charge < -0.3 is 5.11 Å². The predicted octanol–water partition coefficient (Wildman–Crippen LogP) is 8.03. The summed E-state index contributed by atoms with van der Waals surface area (Å²) in [6.07, 6.45) is 22.0. The van der Waals surface area contributed by atoms with Gasteiger partial charge in [0.1, 0.15) is 0 Å². The first-order valence-electron chi connectivity index (χ1n) is 12.1. The van der Waals surface area contributed by atoms with E-state index < -0.39 is 0 Å². The quantitative estimate of drug-likeness (QED) is 0.308. The summed E-state index contributed by atoms with van der Waals surface area (Å²) < 4.78 is 0. The molecule has 5 atom stereocenters. The summed E-state index contributed by atoms with van der Waals surface area (Å²) in [5, 5.41) is 9.84. The van der Waals surface area contributed by atoms with Crippen LogP contribution in [0.1, 0.15) is 92.4 Å². The molecule has 2 aliphatic rings. The molecule has 1 N–H and O–H groups in total. The molecule has 2 aliphatic carbocycles. The molecule has 164 valence electrons. The minimum Gasteiger partial charge on any atom is -0.393 e. The molecule has 1 nitrogen and oxygen atoms in total. The van der Waals surface area contributed by atoms with Crippen LogP contribution in [-0.4, -0.2) is 11.2 Å². The van der Waals surface area contributed by atoms with Gasteiger partial charge in [-0.3, -0.25) is 0 Å². The Kier molecular flexibility index (Phi) is 9.47. The van der Waals surface area contributed by atoms with Crippen molar-refractivity contribution in [1.82, 2.24) is 0 Å². The van der Waals surface area contributed by atoms with Crippen LogP contribution in [0.3, 0.4) is 0 Å². The van der Waals surface area contributed by atoms with Crippen molar-refractivity contribution in [3.8, 4) is 0 Å². The zero-order chi connectivity index (χ0) is 21.4. The van der Waals surface area contributed by atoms with Gasteiger partial charge in [-0.05, 0) is 86.0 Å². The molecule has 0 radical (unpaired) electrons. The second kappa shape index (κ2) is 11.3. The lowest BCUT2D eigenvalue weighted by atomic mass is 9.70. The van der Waals surface area contributed by atoms with Crippen LogP contribution >= 0.6 is 0 Å². The topological polar surface area (TPSA) is 20.2 Å². The van der Waals surface area contributed by atoms with Gasteiger partial charge in [0.15, 0.2) is 0 Å². The van der Waals surface area contributed by atoms with Crippen molar-refractivity contribution < 1.29 is 5.11 Å². The summed E-state index contributed by atoms with van der Waals surface area (Å²) in [5.41, 5.74) is 2.94. The summed E-state index contributed by atoms with van der Waals surface area (Å²) in [6.45, 7) is 16.1. The molecule has 0 amide bonds. The van der Waals surface area contributed by atoms with Crippen molar-refractivity contribution >= 4 is 0 Å². The molecule has 1 heteroatoms. The number of allylic oxidation sites excluding steroid dienone is 6. The van der Waals surface area contributed by atoms with Crippen LogP contribution in [0, 0.1) is 29.1 Å². The van der Waals surface area contributed by atoms with Gasteiger partial charge in [0.25, 0.3) is 0 Å². The van der Waals surface area contributed by atoms with Crippen LogP contribution in [0.5, 0.6) is 0 Å². The van der Waals surface area contributed by atoms with Gasteiger partial charge in [0, 0.05) is 0 Å². The van der Waals surface area contributed by atoms with Crippen LogP contribution < -0.4 is 0 Å². The molecule has 0 aromatic rings. The van der Waals surface area contributed by atoms with Crippen molar-refractivity contribution in [3.05, 3.63) is 48.1 Å². The molecule has 2 fully saturated rings. The van der Waals surface area contributed by atoms with Crippen molar-refractivity contribution in [2.45, 2.75) is 98.5 Å². The standard InChI is InChI=1S/C28H46O/c1-21(2)22(3)14-15-24(5)27-13-11-19-28(27,6)18-10-8-7-9-12-25-20-26(29)17-16-23(25)4/h7,9,12,14-15,21-22,24,26-27,29H,4,8,10-11,13,16-20H2,1-3,5-6H3/b9-7-,15-14+,25-12-/t22?,24?,26?,27?,28-/m0/s1. The SMILES string of the molecule is C=C1CCC(O)C/C1=C/C=C\CCC[C@@]1(C)CCCC1C(C)/C=C/C(C)C(C)C. The average molecular weight is 399 g/mol. The molecule has 2 saturated carbocycles. The maximum atomic E-state index is 9.84. The Morgan fingerprint density at radius 3 is 2.66 bits per heavy atom. The highest BCUT2D eigenvalue weighted by atomic mass is 16.3. The predicted molar refractivity (Wildman–Crippen MR) is 128 cm³/mol. The van der Waals surface area contributed by atoms with E-state index in [1.54, 1.807) is 0 Å². The van der Waals surface area contributed by atoms with E-state index in [2.05, 4.69) is 71.6 Å². The monoisotopic (exact) mass is 398 g/mol. The Bertz CT molecular complexity index is 608. The zero-order valence-corrected chi connectivity index (χ0v) is 19.8. The fourth-order valence-corrected chi connectivity index (χ4v) is 5.27. The van der Waals surface area contributed by atoms with Gasteiger partial charge in [-0.15, -0.1) is 0 Å². The summed E-state index contributed by atoms with van der Waals surface area (Å²) in [4.78, 5) is 0. The van der Waals surface area contributed by atoms with Crippen molar-refractivity contribution in [2.24, 2.45) is 29.1 Å². The summed E-state index contributed by atoms with van der Waals surface area (Å²) in [5.74, 6) is 2.92. The smallest absolute Gasteiger partial charge is 0.0583 e. The highest BCUT2D eigenvalue weighted by Gasteiger charge is 2.40. The summed E-state index contributed by atoms with van der Waals surface area (Å²) in [7, 11) is 0. The number of unbranched alkanes of at least 4 members (excludes halogenated alkanes) is 1. The zero-order valence-electron chi connectivity index (χ0n) is 19.8. The lowest BCUT2D eigenvalue weighted by Crippen LogP contribution is -2.26. The Morgan fingerprint density at radius 2 is 1.93 bits per heavy atom. The lowest BCUT2D eigenvalue weighted by Gasteiger charge is -2.35. The maximum absolute atomic E-state index is 9.84. The van der Waals surface area contributed by atoms with Crippen LogP contribution in [0.25, 0.3) is 0 Å². The maximum Gasteiger partial charge on any atom is 0.0583 e. The van der Waals surface area contributed by atoms with Gasteiger partial charge in [-0.1, -0.05) is 83.6 Å². The fraction of sp³-hybridized carbons (Fsp3) is 0.714.